The van der Waals surface area contributed by atoms with Crippen LogP contribution >= 0.6 is 0 Å². The van der Waals surface area contributed by atoms with Gasteiger partial charge in [0.15, 0.2) is 0 Å². The zero-order chi connectivity index (χ0) is 10.2. The molecule has 1 atom stereocenters. The standard InChI is InChI=1S/C10H17NO3/c1-10(13)6-11(7-10)9(12)5-8-3-2-4-14-8/h8,13H,2-7H2,1H3. The van der Waals surface area contributed by atoms with Crippen LogP contribution in [0.2, 0.25) is 0 Å². The third-order valence-corrected chi connectivity index (χ3v) is 2.84. The molecule has 80 valence electrons. The zero-order valence-electron chi connectivity index (χ0n) is 8.53. The summed E-state index contributed by atoms with van der Waals surface area (Å²) >= 11 is 0. The number of aliphatic hydroxyl groups is 1. The molecule has 2 aliphatic heterocycles. The second kappa shape index (κ2) is 3.51. The first-order valence-electron chi connectivity index (χ1n) is 5.19. The van der Waals surface area contributed by atoms with Crippen LogP contribution in [0, 0.1) is 0 Å². The summed E-state index contributed by atoms with van der Waals surface area (Å²) < 4.78 is 5.38. The summed E-state index contributed by atoms with van der Waals surface area (Å²) in [5, 5.41) is 9.47. The Morgan fingerprint density at radius 3 is 2.86 bits per heavy atom. The number of amides is 1. The summed E-state index contributed by atoms with van der Waals surface area (Å²) in [5.41, 5.74) is -0.661. The topological polar surface area (TPSA) is 49.8 Å². The second-order valence-corrected chi connectivity index (χ2v) is 4.59. The molecular formula is C10H17NO3. The van der Waals surface area contributed by atoms with Crippen LogP contribution in [0.25, 0.3) is 0 Å². The van der Waals surface area contributed by atoms with Crippen LogP contribution in [0.4, 0.5) is 0 Å². The first kappa shape index (κ1) is 9.93. The van der Waals surface area contributed by atoms with E-state index in [4.69, 9.17) is 4.74 Å². The van der Waals surface area contributed by atoms with Crippen LogP contribution in [0.15, 0.2) is 0 Å². The van der Waals surface area contributed by atoms with Crippen molar-refractivity contribution in [3.8, 4) is 0 Å². The number of hydrogen-bond acceptors (Lipinski definition) is 3. The van der Waals surface area contributed by atoms with Crippen molar-refractivity contribution in [1.82, 2.24) is 4.90 Å². The molecule has 2 saturated heterocycles. The van der Waals surface area contributed by atoms with Crippen molar-refractivity contribution in [3.05, 3.63) is 0 Å². The Morgan fingerprint density at radius 2 is 2.36 bits per heavy atom. The Bertz CT molecular complexity index is 226. The van der Waals surface area contributed by atoms with E-state index in [0.29, 0.717) is 19.5 Å². The molecule has 0 radical (unpaired) electrons. The van der Waals surface area contributed by atoms with Gasteiger partial charge in [0.2, 0.25) is 5.91 Å². The highest BCUT2D eigenvalue weighted by Gasteiger charge is 2.39. The summed E-state index contributed by atoms with van der Waals surface area (Å²) in [6, 6.07) is 0. The lowest BCUT2D eigenvalue weighted by atomic mass is 9.96. The van der Waals surface area contributed by atoms with E-state index in [2.05, 4.69) is 0 Å². The largest absolute Gasteiger partial charge is 0.386 e. The zero-order valence-corrected chi connectivity index (χ0v) is 8.53. The molecule has 0 aromatic heterocycles. The SMILES string of the molecule is CC1(O)CN(C(=O)CC2CCCO2)C1. The molecule has 4 heteroatoms. The highest BCUT2D eigenvalue weighted by molar-refractivity contribution is 5.77. The average molecular weight is 199 g/mol. The van der Waals surface area contributed by atoms with E-state index in [1.807, 2.05) is 0 Å². The summed E-state index contributed by atoms with van der Waals surface area (Å²) in [5.74, 6) is 0.114. The van der Waals surface area contributed by atoms with Crippen LogP contribution in [-0.2, 0) is 9.53 Å². The van der Waals surface area contributed by atoms with Gasteiger partial charge >= 0.3 is 0 Å². The van der Waals surface area contributed by atoms with Gasteiger partial charge < -0.3 is 14.7 Å². The molecule has 1 N–H and O–H groups in total. The minimum absolute atomic E-state index is 0.114. The van der Waals surface area contributed by atoms with Crippen LogP contribution in [0.3, 0.4) is 0 Å². The Labute approximate surface area is 83.8 Å². The maximum absolute atomic E-state index is 11.6. The molecule has 14 heavy (non-hydrogen) atoms. The third kappa shape index (κ3) is 2.07. The van der Waals surface area contributed by atoms with E-state index in [1.165, 1.54) is 0 Å². The molecule has 4 nitrogen and oxygen atoms in total. The molecule has 1 unspecified atom stereocenters. The van der Waals surface area contributed by atoms with Crippen molar-refractivity contribution >= 4 is 5.91 Å². The van der Waals surface area contributed by atoms with Crippen LogP contribution < -0.4 is 0 Å². The highest BCUT2D eigenvalue weighted by atomic mass is 16.5. The Hall–Kier alpha value is -0.610. The van der Waals surface area contributed by atoms with Gasteiger partial charge in [-0.3, -0.25) is 4.79 Å². The van der Waals surface area contributed by atoms with Crippen LogP contribution in [0.1, 0.15) is 26.2 Å². The quantitative estimate of drug-likeness (QED) is 0.688. The van der Waals surface area contributed by atoms with E-state index in [9.17, 15) is 9.90 Å². The fraction of sp³-hybridized carbons (Fsp3) is 0.900. The smallest absolute Gasteiger partial charge is 0.225 e. The van der Waals surface area contributed by atoms with Gasteiger partial charge in [-0.05, 0) is 19.8 Å². The van der Waals surface area contributed by atoms with E-state index in [0.717, 1.165) is 19.4 Å². The predicted octanol–water partition coefficient (Wildman–Crippen LogP) is 0.149. The lowest BCUT2D eigenvalue weighted by Crippen LogP contribution is -2.62. The molecular weight excluding hydrogens is 182 g/mol. The fourth-order valence-corrected chi connectivity index (χ4v) is 2.08. The Morgan fingerprint density at radius 1 is 1.64 bits per heavy atom. The number of hydrogen-bond donors (Lipinski definition) is 1. The van der Waals surface area contributed by atoms with E-state index < -0.39 is 5.60 Å². The van der Waals surface area contributed by atoms with Crippen molar-refractivity contribution in [2.75, 3.05) is 19.7 Å². The lowest BCUT2D eigenvalue weighted by molar-refractivity contribution is -0.154. The van der Waals surface area contributed by atoms with Crippen molar-refractivity contribution in [1.29, 1.82) is 0 Å². The van der Waals surface area contributed by atoms with Gasteiger partial charge in [-0.2, -0.15) is 0 Å². The van der Waals surface area contributed by atoms with Crippen molar-refractivity contribution in [2.24, 2.45) is 0 Å². The van der Waals surface area contributed by atoms with Crippen LogP contribution in [-0.4, -0.2) is 47.3 Å². The number of likely N-dealkylation sites (tertiary alicyclic amines) is 1. The van der Waals surface area contributed by atoms with Crippen molar-refractivity contribution < 1.29 is 14.6 Å². The number of β-amino-alcohol motifs (C(OH)–C–C–N with tert-alkyl or cyclic N) is 1. The van der Waals surface area contributed by atoms with Crippen LogP contribution in [0.5, 0.6) is 0 Å². The molecule has 2 fully saturated rings. The molecule has 0 saturated carbocycles. The minimum Gasteiger partial charge on any atom is -0.386 e. The van der Waals surface area contributed by atoms with Crippen molar-refractivity contribution in [2.45, 2.75) is 37.9 Å². The molecule has 0 spiro atoms. The monoisotopic (exact) mass is 199 g/mol. The maximum atomic E-state index is 11.6. The highest BCUT2D eigenvalue weighted by Crippen LogP contribution is 2.23. The number of ether oxygens (including phenoxy) is 1. The molecule has 0 aliphatic carbocycles. The molecule has 0 aromatic carbocycles. The number of carbonyl (C=O) groups is 1. The molecule has 2 heterocycles. The molecule has 0 bridgehead atoms. The van der Waals surface area contributed by atoms with E-state index >= 15 is 0 Å². The fourth-order valence-electron chi connectivity index (χ4n) is 2.08. The molecule has 0 aromatic rings. The van der Waals surface area contributed by atoms with Gasteiger partial charge in [-0.1, -0.05) is 0 Å². The first-order valence-corrected chi connectivity index (χ1v) is 5.19. The summed E-state index contributed by atoms with van der Waals surface area (Å²) in [4.78, 5) is 13.3. The lowest BCUT2D eigenvalue weighted by Gasteiger charge is -2.44. The van der Waals surface area contributed by atoms with Gasteiger partial charge in [0.25, 0.3) is 0 Å². The Kier molecular flexibility index (Phi) is 2.49. The van der Waals surface area contributed by atoms with Gasteiger partial charge in [-0.15, -0.1) is 0 Å². The molecule has 2 rings (SSSR count). The summed E-state index contributed by atoms with van der Waals surface area (Å²) in [6.07, 6.45) is 2.66. The Balaban J connectivity index is 1.74. The van der Waals surface area contributed by atoms with Crippen molar-refractivity contribution in [3.63, 3.8) is 0 Å². The van der Waals surface area contributed by atoms with E-state index in [1.54, 1.807) is 11.8 Å². The third-order valence-electron chi connectivity index (χ3n) is 2.84. The number of nitrogens with zero attached hydrogens (tertiary/aromatic N) is 1. The summed E-state index contributed by atoms with van der Waals surface area (Å²) in [7, 11) is 0. The van der Waals surface area contributed by atoms with Gasteiger partial charge in [0, 0.05) is 6.61 Å². The minimum atomic E-state index is -0.661. The van der Waals surface area contributed by atoms with Gasteiger partial charge in [0.1, 0.15) is 0 Å². The molecule has 2 aliphatic rings. The molecule has 1 amide bonds. The predicted molar refractivity (Wildman–Crippen MR) is 50.8 cm³/mol. The van der Waals surface area contributed by atoms with Gasteiger partial charge in [0.05, 0.1) is 31.2 Å². The number of carbonyl (C=O) groups excluding carboxylic acids is 1. The second-order valence-electron chi connectivity index (χ2n) is 4.59. The number of rotatable bonds is 2. The van der Waals surface area contributed by atoms with Gasteiger partial charge in [-0.25, -0.2) is 0 Å². The average Bonchev–Trinajstić information content (AvgIpc) is 2.52. The normalized spacial score (nSPS) is 30.1. The summed E-state index contributed by atoms with van der Waals surface area (Å²) in [6.45, 7) is 3.48. The first-order chi connectivity index (χ1) is 6.57. The van der Waals surface area contributed by atoms with E-state index in [-0.39, 0.29) is 12.0 Å². The maximum Gasteiger partial charge on any atom is 0.225 e.